The minimum absolute atomic E-state index is 0.408. The highest BCUT2D eigenvalue weighted by atomic mass is 32.1. The molecule has 1 N–H and O–H groups in total. The Morgan fingerprint density at radius 1 is 1.12 bits per heavy atom. The van der Waals surface area contributed by atoms with Gasteiger partial charge in [-0.1, -0.05) is 62.8 Å². The maximum absolute atomic E-state index is 9.79. The van der Waals surface area contributed by atoms with Gasteiger partial charge in [0.15, 0.2) is 0 Å². The number of aliphatic hydroxyl groups is 1. The third-order valence-electron chi connectivity index (χ3n) is 3.05. The van der Waals surface area contributed by atoms with Gasteiger partial charge < -0.3 is 5.11 Å². The van der Waals surface area contributed by atoms with Crippen molar-refractivity contribution in [1.29, 1.82) is 0 Å². The third kappa shape index (κ3) is 6.74. The number of nitrogens with zero attached hydrogens (tertiary/aromatic N) is 2. The van der Waals surface area contributed by atoms with E-state index in [0.29, 0.717) is 0 Å². The van der Waals surface area contributed by atoms with E-state index in [2.05, 4.69) is 16.5 Å². The number of unbranched alkanes of at least 4 members (excludes halogenated alkanes) is 7. The van der Waals surface area contributed by atoms with E-state index >= 15 is 0 Å². The van der Waals surface area contributed by atoms with Gasteiger partial charge in [0.1, 0.15) is 5.69 Å². The zero-order valence-corrected chi connectivity index (χ0v) is 11.6. The van der Waals surface area contributed by atoms with E-state index in [-0.39, 0.29) is 0 Å². The Hall–Kier alpha value is -0.480. The van der Waals surface area contributed by atoms with Crippen molar-refractivity contribution in [2.45, 2.75) is 70.8 Å². The molecule has 0 aliphatic heterocycles. The molecule has 1 rings (SSSR count). The fourth-order valence-corrected chi connectivity index (χ4v) is 2.44. The summed E-state index contributed by atoms with van der Waals surface area (Å²) in [6, 6.07) is 0. The number of hydrogen-bond donors (Lipinski definition) is 1. The van der Waals surface area contributed by atoms with E-state index in [0.717, 1.165) is 18.5 Å². The van der Waals surface area contributed by atoms with Crippen molar-refractivity contribution in [3.05, 3.63) is 11.1 Å². The highest BCUT2D eigenvalue weighted by Crippen LogP contribution is 2.19. The molecule has 0 saturated carbocycles. The molecule has 1 heterocycles. The van der Waals surface area contributed by atoms with Gasteiger partial charge in [0.25, 0.3) is 0 Å². The van der Waals surface area contributed by atoms with Crippen LogP contribution >= 0.6 is 11.5 Å². The van der Waals surface area contributed by atoms with Gasteiger partial charge in [-0.3, -0.25) is 0 Å². The quantitative estimate of drug-likeness (QED) is 0.641. The maximum atomic E-state index is 9.79. The predicted molar refractivity (Wildman–Crippen MR) is 72.1 cm³/mol. The topological polar surface area (TPSA) is 46.0 Å². The second-order valence-electron chi connectivity index (χ2n) is 4.61. The van der Waals surface area contributed by atoms with E-state index in [9.17, 15) is 5.11 Å². The van der Waals surface area contributed by atoms with Crippen molar-refractivity contribution in [2.75, 3.05) is 0 Å². The van der Waals surface area contributed by atoms with Gasteiger partial charge in [0.05, 0.1) is 6.10 Å². The maximum Gasteiger partial charge on any atom is 0.104 e. The largest absolute Gasteiger partial charge is 0.387 e. The summed E-state index contributed by atoms with van der Waals surface area (Å²) >= 11 is 1.30. The molecular formula is C13H24N2OS. The Balaban J connectivity index is 1.90. The third-order valence-corrected chi connectivity index (χ3v) is 3.57. The standard InChI is InChI=1S/C13H24N2OS/c1-2-3-4-5-6-7-8-9-10-13(16)12-11-17-15-14-12/h11,13,16H,2-10H2,1H3. The molecule has 1 aromatic rings. The van der Waals surface area contributed by atoms with Gasteiger partial charge >= 0.3 is 0 Å². The molecule has 17 heavy (non-hydrogen) atoms. The van der Waals surface area contributed by atoms with Crippen LogP contribution in [0.5, 0.6) is 0 Å². The first-order chi connectivity index (χ1) is 8.34. The average Bonchev–Trinajstić information content (AvgIpc) is 2.86. The van der Waals surface area contributed by atoms with Crippen LogP contribution in [-0.4, -0.2) is 14.7 Å². The van der Waals surface area contributed by atoms with Crippen LogP contribution in [0.25, 0.3) is 0 Å². The van der Waals surface area contributed by atoms with Crippen LogP contribution in [-0.2, 0) is 0 Å². The highest BCUT2D eigenvalue weighted by Gasteiger charge is 2.09. The lowest BCUT2D eigenvalue weighted by Gasteiger charge is -2.06. The molecule has 0 saturated heterocycles. The highest BCUT2D eigenvalue weighted by molar-refractivity contribution is 7.03. The minimum Gasteiger partial charge on any atom is -0.387 e. The molecule has 0 bridgehead atoms. The predicted octanol–water partition coefficient (Wildman–Crippen LogP) is 4.10. The van der Waals surface area contributed by atoms with Gasteiger partial charge in [-0.05, 0) is 18.0 Å². The Bertz CT molecular complexity index is 264. The van der Waals surface area contributed by atoms with E-state index in [1.165, 1.54) is 56.5 Å². The Kier molecular flexibility index (Phi) is 8.18. The molecule has 0 spiro atoms. The molecular weight excluding hydrogens is 232 g/mol. The lowest BCUT2D eigenvalue weighted by molar-refractivity contribution is 0.158. The fraction of sp³-hybridized carbons (Fsp3) is 0.846. The first-order valence-corrected chi connectivity index (χ1v) is 7.63. The first-order valence-electron chi connectivity index (χ1n) is 6.79. The molecule has 0 aromatic carbocycles. The number of aliphatic hydroxyl groups excluding tert-OH is 1. The average molecular weight is 256 g/mol. The Morgan fingerprint density at radius 3 is 2.35 bits per heavy atom. The molecule has 3 nitrogen and oxygen atoms in total. The SMILES string of the molecule is CCCCCCCCCCC(O)c1csnn1. The fourth-order valence-electron chi connectivity index (χ4n) is 1.94. The van der Waals surface area contributed by atoms with Gasteiger partial charge in [0.2, 0.25) is 0 Å². The molecule has 0 aliphatic rings. The molecule has 0 aliphatic carbocycles. The molecule has 0 amide bonds. The number of rotatable bonds is 10. The number of aromatic nitrogens is 2. The second-order valence-corrected chi connectivity index (χ2v) is 5.22. The van der Waals surface area contributed by atoms with E-state index in [1.807, 2.05) is 5.38 Å². The second kappa shape index (κ2) is 9.54. The molecule has 4 heteroatoms. The summed E-state index contributed by atoms with van der Waals surface area (Å²) in [5.74, 6) is 0. The lowest BCUT2D eigenvalue weighted by atomic mass is 10.0. The smallest absolute Gasteiger partial charge is 0.104 e. The summed E-state index contributed by atoms with van der Waals surface area (Å²) in [4.78, 5) is 0. The zero-order chi connectivity index (χ0) is 12.3. The van der Waals surface area contributed by atoms with Gasteiger partial charge in [-0.15, -0.1) is 5.10 Å². The van der Waals surface area contributed by atoms with E-state index in [4.69, 9.17) is 0 Å². The summed E-state index contributed by atoms with van der Waals surface area (Å²) in [7, 11) is 0. The summed E-state index contributed by atoms with van der Waals surface area (Å²) in [6.07, 6.45) is 10.8. The van der Waals surface area contributed by atoms with Crippen LogP contribution in [0.2, 0.25) is 0 Å². The van der Waals surface area contributed by atoms with Gasteiger partial charge in [-0.25, -0.2) is 0 Å². The summed E-state index contributed by atoms with van der Waals surface area (Å²) < 4.78 is 3.76. The molecule has 0 fully saturated rings. The van der Waals surface area contributed by atoms with Crippen molar-refractivity contribution in [2.24, 2.45) is 0 Å². The van der Waals surface area contributed by atoms with Crippen molar-refractivity contribution in [1.82, 2.24) is 9.59 Å². The Labute approximate surface area is 108 Å². The van der Waals surface area contributed by atoms with E-state index < -0.39 is 6.10 Å². The normalized spacial score (nSPS) is 12.8. The molecule has 1 unspecified atom stereocenters. The van der Waals surface area contributed by atoms with Crippen molar-refractivity contribution in [3.63, 3.8) is 0 Å². The zero-order valence-electron chi connectivity index (χ0n) is 10.8. The monoisotopic (exact) mass is 256 g/mol. The molecule has 98 valence electrons. The van der Waals surface area contributed by atoms with Crippen LogP contribution in [0.1, 0.15) is 76.5 Å². The van der Waals surface area contributed by atoms with Crippen molar-refractivity contribution >= 4 is 11.5 Å². The van der Waals surface area contributed by atoms with E-state index in [1.54, 1.807) is 0 Å². The van der Waals surface area contributed by atoms with Crippen LogP contribution in [0.3, 0.4) is 0 Å². The number of hydrogen-bond acceptors (Lipinski definition) is 4. The first kappa shape index (κ1) is 14.6. The van der Waals surface area contributed by atoms with Crippen molar-refractivity contribution in [3.8, 4) is 0 Å². The van der Waals surface area contributed by atoms with Crippen LogP contribution < -0.4 is 0 Å². The summed E-state index contributed by atoms with van der Waals surface area (Å²) in [6.45, 7) is 2.24. The molecule has 1 aromatic heterocycles. The van der Waals surface area contributed by atoms with Crippen LogP contribution in [0.4, 0.5) is 0 Å². The van der Waals surface area contributed by atoms with Crippen LogP contribution in [0.15, 0.2) is 5.38 Å². The van der Waals surface area contributed by atoms with Crippen LogP contribution in [0, 0.1) is 0 Å². The summed E-state index contributed by atoms with van der Waals surface area (Å²) in [5.41, 5.74) is 0.734. The molecule has 1 atom stereocenters. The molecule has 0 radical (unpaired) electrons. The van der Waals surface area contributed by atoms with Crippen molar-refractivity contribution < 1.29 is 5.11 Å². The minimum atomic E-state index is -0.408. The lowest BCUT2D eigenvalue weighted by Crippen LogP contribution is -1.97. The summed E-state index contributed by atoms with van der Waals surface area (Å²) in [5, 5.41) is 15.5. The Morgan fingerprint density at radius 2 is 1.76 bits per heavy atom. The van der Waals surface area contributed by atoms with Gasteiger partial charge in [-0.2, -0.15) is 0 Å². The van der Waals surface area contributed by atoms with Gasteiger partial charge in [0, 0.05) is 5.38 Å².